The second-order valence-corrected chi connectivity index (χ2v) is 6.11. The number of non-ortho nitro benzene ring substituents is 1. The van der Waals surface area contributed by atoms with Crippen LogP contribution >= 0.6 is 27.3 Å². The van der Waals surface area contributed by atoms with Gasteiger partial charge < -0.3 is 0 Å². The lowest BCUT2D eigenvalue weighted by Gasteiger charge is -1.98. The van der Waals surface area contributed by atoms with Crippen LogP contribution in [0.4, 0.5) is 5.69 Å². The molecule has 94 valence electrons. The fraction of sp³-hybridized carbons (Fsp3) is 0. The van der Waals surface area contributed by atoms with Gasteiger partial charge in [-0.2, -0.15) is 5.26 Å². The second-order valence-electron chi connectivity index (χ2n) is 3.62. The van der Waals surface area contributed by atoms with Crippen LogP contribution in [0.1, 0.15) is 10.4 Å². The van der Waals surface area contributed by atoms with Crippen LogP contribution < -0.4 is 0 Å². The number of halogens is 1. The summed E-state index contributed by atoms with van der Waals surface area (Å²) in [6.07, 6.45) is 1.76. The van der Waals surface area contributed by atoms with E-state index in [9.17, 15) is 10.1 Å². The monoisotopic (exact) mass is 334 g/mol. The van der Waals surface area contributed by atoms with Crippen LogP contribution in [-0.4, -0.2) is 4.92 Å². The molecule has 0 amide bonds. The Labute approximate surface area is 121 Å². The van der Waals surface area contributed by atoms with E-state index in [1.165, 1.54) is 23.5 Å². The molecule has 2 aromatic rings. The van der Waals surface area contributed by atoms with Gasteiger partial charge in [0.05, 0.1) is 20.4 Å². The van der Waals surface area contributed by atoms with Crippen molar-refractivity contribution in [2.45, 2.75) is 0 Å². The zero-order chi connectivity index (χ0) is 13.8. The highest BCUT2D eigenvalue weighted by atomic mass is 79.9. The zero-order valence-corrected chi connectivity index (χ0v) is 11.9. The molecule has 0 saturated carbocycles. The van der Waals surface area contributed by atoms with Crippen LogP contribution in [0.2, 0.25) is 0 Å². The first-order valence-corrected chi connectivity index (χ1v) is 6.83. The van der Waals surface area contributed by atoms with Crippen molar-refractivity contribution in [3.8, 4) is 6.07 Å². The van der Waals surface area contributed by atoms with E-state index in [0.717, 1.165) is 8.66 Å². The molecule has 0 saturated heterocycles. The van der Waals surface area contributed by atoms with E-state index < -0.39 is 4.92 Å². The highest BCUT2D eigenvalue weighted by molar-refractivity contribution is 9.11. The summed E-state index contributed by atoms with van der Waals surface area (Å²) in [7, 11) is 0. The molecule has 0 fully saturated rings. The van der Waals surface area contributed by atoms with Crippen molar-refractivity contribution in [3.05, 3.63) is 60.7 Å². The standard InChI is InChI=1S/C13H7BrN2O2S/c14-13-6-5-12(19-13)7-10(8-15)9-1-3-11(4-2-9)16(17)18/h1-7H. The molecule has 2 rings (SSSR count). The molecule has 1 heterocycles. The molecule has 0 aliphatic carbocycles. The Kier molecular flexibility index (Phi) is 4.10. The molecule has 0 radical (unpaired) electrons. The average Bonchev–Trinajstić information content (AvgIpc) is 2.81. The van der Waals surface area contributed by atoms with Crippen LogP contribution in [0.25, 0.3) is 11.6 Å². The molecule has 0 bridgehead atoms. The quantitative estimate of drug-likeness (QED) is 0.472. The Hall–Kier alpha value is -1.97. The Morgan fingerprint density at radius 2 is 2.00 bits per heavy atom. The van der Waals surface area contributed by atoms with Gasteiger partial charge in [0.2, 0.25) is 0 Å². The average molecular weight is 335 g/mol. The second kappa shape index (κ2) is 5.78. The third-order valence-electron chi connectivity index (χ3n) is 2.39. The van der Waals surface area contributed by atoms with E-state index in [2.05, 4.69) is 22.0 Å². The minimum Gasteiger partial charge on any atom is -0.258 e. The predicted octanol–water partition coefficient (Wildman–Crippen LogP) is 4.48. The summed E-state index contributed by atoms with van der Waals surface area (Å²) in [4.78, 5) is 11.1. The highest BCUT2D eigenvalue weighted by Crippen LogP contribution is 2.27. The molecule has 1 aromatic heterocycles. The van der Waals surface area contributed by atoms with Gasteiger partial charge in [0, 0.05) is 17.0 Å². The lowest BCUT2D eigenvalue weighted by molar-refractivity contribution is -0.384. The maximum atomic E-state index is 10.6. The molecule has 1 aromatic carbocycles. The Balaban J connectivity index is 2.35. The van der Waals surface area contributed by atoms with Gasteiger partial charge in [0.25, 0.3) is 5.69 Å². The molecule has 19 heavy (non-hydrogen) atoms. The van der Waals surface area contributed by atoms with Crippen LogP contribution in [-0.2, 0) is 0 Å². The van der Waals surface area contributed by atoms with E-state index in [1.807, 2.05) is 12.1 Å². The van der Waals surface area contributed by atoms with Crippen LogP contribution in [0.15, 0.2) is 40.2 Å². The van der Waals surface area contributed by atoms with Crippen LogP contribution in [0, 0.1) is 21.4 Å². The van der Waals surface area contributed by atoms with Crippen molar-refractivity contribution in [2.24, 2.45) is 0 Å². The summed E-state index contributed by atoms with van der Waals surface area (Å²) in [5.41, 5.74) is 1.15. The van der Waals surface area contributed by atoms with Crippen molar-refractivity contribution < 1.29 is 4.92 Å². The summed E-state index contributed by atoms with van der Waals surface area (Å²) in [5.74, 6) is 0. The molecule has 0 unspecified atom stereocenters. The summed E-state index contributed by atoms with van der Waals surface area (Å²) >= 11 is 4.87. The van der Waals surface area contributed by atoms with Crippen LogP contribution in [0.5, 0.6) is 0 Å². The minimum absolute atomic E-state index is 0.0138. The molecule has 0 N–H and O–H groups in total. The normalized spacial score (nSPS) is 11.1. The fourth-order valence-electron chi connectivity index (χ4n) is 1.49. The first kappa shape index (κ1) is 13.5. The van der Waals surface area contributed by atoms with Gasteiger partial charge in [-0.25, -0.2) is 0 Å². The molecular weight excluding hydrogens is 328 g/mol. The summed E-state index contributed by atoms with van der Waals surface area (Å²) in [6, 6.07) is 11.9. The van der Waals surface area contributed by atoms with Crippen molar-refractivity contribution in [3.63, 3.8) is 0 Å². The SMILES string of the molecule is N#CC(=Cc1ccc(Br)s1)c1ccc([N+](=O)[O-])cc1. The number of hydrogen-bond acceptors (Lipinski definition) is 4. The molecular formula is C13H7BrN2O2S. The maximum absolute atomic E-state index is 10.6. The largest absolute Gasteiger partial charge is 0.269 e. The summed E-state index contributed by atoms with van der Waals surface area (Å²) < 4.78 is 0.986. The van der Waals surface area contributed by atoms with Gasteiger partial charge in [-0.1, -0.05) is 0 Å². The number of thiophene rings is 1. The Morgan fingerprint density at radius 3 is 2.47 bits per heavy atom. The topological polar surface area (TPSA) is 66.9 Å². The van der Waals surface area contributed by atoms with Crippen LogP contribution in [0.3, 0.4) is 0 Å². The lowest BCUT2D eigenvalue weighted by atomic mass is 10.1. The number of benzene rings is 1. The number of allylic oxidation sites excluding steroid dienone is 1. The van der Waals surface area contributed by atoms with Gasteiger partial charge in [-0.3, -0.25) is 10.1 Å². The van der Waals surface area contributed by atoms with Crippen molar-refractivity contribution in [1.82, 2.24) is 0 Å². The Morgan fingerprint density at radius 1 is 1.32 bits per heavy atom. The van der Waals surface area contributed by atoms with Crippen molar-refractivity contribution in [1.29, 1.82) is 5.26 Å². The zero-order valence-electron chi connectivity index (χ0n) is 9.54. The van der Waals surface area contributed by atoms with E-state index in [-0.39, 0.29) is 5.69 Å². The molecule has 0 aliphatic rings. The minimum atomic E-state index is -0.462. The molecule has 0 spiro atoms. The van der Waals surface area contributed by atoms with E-state index in [1.54, 1.807) is 18.2 Å². The van der Waals surface area contributed by atoms with Gasteiger partial charge in [-0.15, -0.1) is 11.3 Å². The number of hydrogen-bond donors (Lipinski definition) is 0. The smallest absolute Gasteiger partial charge is 0.258 e. The van der Waals surface area contributed by atoms with Gasteiger partial charge >= 0.3 is 0 Å². The Bertz CT molecular complexity index is 683. The highest BCUT2D eigenvalue weighted by Gasteiger charge is 2.07. The number of nitro groups is 1. The molecule has 6 heteroatoms. The summed E-state index contributed by atoms with van der Waals surface area (Å²) in [6.45, 7) is 0. The van der Waals surface area contributed by atoms with Gasteiger partial charge in [0.15, 0.2) is 0 Å². The first-order valence-electron chi connectivity index (χ1n) is 5.22. The van der Waals surface area contributed by atoms with E-state index >= 15 is 0 Å². The summed E-state index contributed by atoms with van der Waals surface area (Å²) in [5, 5.41) is 19.7. The van der Waals surface area contributed by atoms with Crippen molar-refractivity contribution >= 4 is 44.6 Å². The molecule has 4 nitrogen and oxygen atoms in total. The fourth-order valence-corrected chi connectivity index (χ4v) is 2.86. The first-order chi connectivity index (χ1) is 9.10. The number of nitro benzene ring substituents is 1. The van der Waals surface area contributed by atoms with Gasteiger partial charge in [0.1, 0.15) is 0 Å². The van der Waals surface area contributed by atoms with E-state index in [0.29, 0.717) is 11.1 Å². The molecule has 0 aliphatic heterocycles. The lowest BCUT2D eigenvalue weighted by Crippen LogP contribution is -1.88. The van der Waals surface area contributed by atoms with E-state index in [4.69, 9.17) is 5.26 Å². The number of nitriles is 1. The number of nitrogens with zero attached hydrogens (tertiary/aromatic N) is 2. The third kappa shape index (κ3) is 3.28. The molecule has 0 atom stereocenters. The number of rotatable bonds is 3. The van der Waals surface area contributed by atoms with Gasteiger partial charge in [-0.05, 0) is 51.8 Å². The van der Waals surface area contributed by atoms with Crippen molar-refractivity contribution in [2.75, 3.05) is 0 Å². The third-order valence-corrected chi connectivity index (χ3v) is 3.96. The maximum Gasteiger partial charge on any atom is 0.269 e. The predicted molar refractivity (Wildman–Crippen MR) is 78.6 cm³/mol.